The topological polar surface area (TPSA) is 136 Å². The number of urea groups is 1. The third-order valence-corrected chi connectivity index (χ3v) is 6.09. The summed E-state index contributed by atoms with van der Waals surface area (Å²) in [6.07, 6.45) is 0.0149. The average molecular weight is 523 g/mol. The largest absolute Gasteiger partial charge is 0.480 e. The number of carboxylic acid groups (broad SMARTS) is 2. The SMILES string of the molecule is CCOC(O)(CN(CC(C)C)C(=O)N[C@@H](Cc1ccc(-c2cccc3ccccc23)cc1)C(=O)O)C(=O)O. The number of nitrogens with zero attached hydrogens (tertiary/aromatic N) is 1. The molecule has 0 fully saturated rings. The van der Waals surface area contributed by atoms with Gasteiger partial charge >= 0.3 is 18.0 Å². The minimum Gasteiger partial charge on any atom is -0.480 e. The lowest BCUT2D eigenvalue weighted by atomic mass is 9.96. The number of carboxylic acids is 2. The lowest BCUT2D eigenvalue weighted by Gasteiger charge is -2.32. The number of benzene rings is 3. The number of aliphatic hydroxyl groups is 1. The number of hydrogen-bond donors (Lipinski definition) is 4. The monoisotopic (exact) mass is 522 g/mol. The first-order chi connectivity index (χ1) is 18.0. The van der Waals surface area contributed by atoms with Gasteiger partial charge in [-0.05, 0) is 40.3 Å². The van der Waals surface area contributed by atoms with E-state index in [0.29, 0.717) is 5.56 Å². The van der Waals surface area contributed by atoms with Gasteiger partial charge in [-0.1, -0.05) is 80.6 Å². The van der Waals surface area contributed by atoms with Crippen LogP contribution in [0.2, 0.25) is 0 Å². The van der Waals surface area contributed by atoms with Gasteiger partial charge in [-0.3, -0.25) is 0 Å². The summed E-state index contributed by atoms with van der Waals surface area (Å²) in [5.74, 6) is -5.57. The van der Waals surface area contributed by atoms with Crippen LogP contribution in [0.15, 0.2) is 66.7 Å². The lowest BCUT2D eigenvalue weighted by molar-refractivity contribution is -0.225. The Balaban J connectivity index is 1.77. The molecule has 38 heavy (non-hydrogen) atoms. The van der Waals surface area contributed by atoms with E-state index in [4.69, 9.17) is 4.74 Å². The van der Waals surface area contributed by atoms with E-state index < -0.39 is 36.3 Å². The molecule has 2 atom stereocenters. The van der Waals surface area contributed by atoms with E-state index in [1.54, 1.807) is 0 Å². The second-order valence-corrected chi connectivity index (χ2v) is 9.56. The van der Waals surface area contributed by atoms with Crippen molar-refractivity contribution in [2.75, 3.05) is 19.7 Å². The van der Waals surface area contributed by atoms with E-state index in [0.717, 1.165) is 26.8 Å². The van der Waals surface area contributed by atoms with Crippen molar-refractivity contribution >= 4 is 28.7 Å². The van der Waals surface area contributed by atoms with E-state index in [-0.39, 0.29) is 25.5 Å². The third-order valence-electron chi connectivity index (χ3n) is 6.09. The van der Waals surface area contributed by atoms with Crippen molar-refractivity contribution in [2.24, 2.45) is 5.92 Å². The molecule has 0 aliphatic carbocycles. The molecule has 3 aromatic rings. The van der Waals surface area contributed by atoms with E-state index in [9.17, 15) is 29.7 Å². The molecule has 0 spiro atoms. The predicted octanol–water partition coefficient (Wildman–Crippen LogP) is 3.98. The summed E-state index contributed by atoms with van der Waals surface area (Å²) in [5.41, 5.74) is 2.74. The smallest absolute Gasteiger partial charge is 0.366 e. The second-order valence-electron chi connectivity index (χ2n) is 9.56. The van der Waals surface area contributed by atoms with Gasteiger partial charge in [0.25, 0.3) is 5.79 Å². The standard InChI is InChI=1S/C29H34N2O7/c1-4-38-29(37,27(34)35)18-31(17-19(2)3)28(36)30-25(26(32)33)16-20-12-14-22(15-13-20)24-11-7-9-21-8-5-6-10-23(21)24/h5-15,19,25,37H,4,16-18H2,1-3H3,(H,30,36)(H,32,33)(H,34,35)/t25-,29?/m0/s1. The first kappa shape index (κ1) is 28.6. The molecule has 9 heteroatoms. The third kappa shape index (κ3) is 7.08. The van der Waals surface area contributed by atoms with Crippen LogP contribution in [0.3, 0.4) is 0 Å². The van der Waals surface area contributed by atoms with Crippen molar-refractivity contribution in [1.29, 1.82) is 0 Å². The summed E-state index contributed by atoms with van der Waals surface area (Å²) in [4.78, 5) is 37.7. The van der Waals surface area contributed by atoms with Crippen LogP contribution in [-0.4, -0.2) is 69.7 Å². The Morgan fingerprint density at radius 3 is 2.24 bits per heavy atom. The van der Waals surface area contributed by atoms with Crippen LogP contribution in [0.4, 0.5) is 4.79 Å². The number of fused-ring (bicyclic) bond motifs is 1. The summed E-state index contributed by atoms with van der Waals surface area (Å²) in [5, 5.41) is 34.4. The number of carbonyl (C=O) groups is 3. The van der Waals surface area contributed by atoms with Gasteiger partial charge in [0, 0.05) is 19.6 Å². The molecule has 3 rings (SSSR count). The molecule has 0 radical (unpaired) electrons. The van der Waals surface area contributed by atoms with Crippen LogP contribution in [0, 0.1) is 5.92 Å². The molecule has 2 amide bonds. The normalized spacial score (nSPS) is 13.6. The number of amides is 2. The summed E-state index contributed by atoms with van der Waals surface area (Å²) >= 11 is 0. The van der Waals surface area contributed by atoms with Crippen LogP contribution in [-0.2, 0) is 20.7 Å². The van der Waals surface area contributed by atoms with Gasteiger partial charge in [-0.2, -0.15) is 0 Å². The van der Waals surface area contributed by atoms with Crippen LogP contribution < -0.4 is 5.32 Å². The van der Waals surface area contributed by atoms with Gasteiger partial charge in [-0.15, -0.1) is 0 Å². The molecule has 0 saturated carbocycles. The summed E-state index contributed by atoms with van der Waals surface area (Å²) in [6.45, 7) is 4.48. The Kier molecular flexibility index (Phi) is 9.44. The Morgan fingerprint density at radius 1 is 0.974 bits per heavy atom. The second kappa shape index (κ2) is 12.5. The van der Waals surface area contributed by atoms with Crippen molar-refractivity contribution in [3.8, 4) is 11.1 Å². The molecule has 0 aromatic heterocycles. The van der Waals surface area contributed by atoms with E-state index in [2.05, 4.69) is 11.4 Å². The maximum atomic E-state index is 13.0. The van der Waals surface area contributed by atoms with E-state index in [1.165, 1.54) is 6.92 Å². The van der Waals surface area contributed by atoms with Crippen molar-refractivity contribution in [2.45, 2.75) is 39.0 Å². The number of carbonyl (C=O) groups excluding carboxylic acids is 1. The molecule has 0 aliphatic heterocycles. The molecule has 4 N–H and O–H groups in total. The van der Waals surface area contributed by atoms with Gasteiger partial charge in [0.15, 0.2) is 0 Å². The highest BCUT2D eigenvalue weighted by Gasteiger charge is 2.41. The fraction of sp³-hybridized carbons (Fsp3) is 0.345. The minimum atomic E-state index is -2.61. The van der Waals surface area contributed by atoms with E-state index in [1.807, 2.05) is 74.5 Å². The van der Waals surface area contributed by atoms with E-state index >= 15 is 0 Å². The number of rotatable bonds is 12. The maximum absolute atomic E-state index is 13.0. The molecule has 202 valence electrons. The van der Waals surface area contributed by atoms with Crippen molar-refractivity contribution in [1.82, 2.24) is 10.2 Å². The molecule has 0 aliphatic rings. The first-order valence-electron chi connectivity index (χ1n) is 12.5. The minimum absolute atomic E-state index is 0.0149. The zero-order valence-corrected chi connectivity index (χ0v) is 21.8. The van der Waals surface area contributed by atoms with Gasteiger partial charge in [-0.25, -0.2) is 14.4 Å². The van der Waals surface area contributed by atoms with Gasteiger partial charge < -0.3 is 30.3 Å². The molecule has 0 heterocycles. The molecule has 0 bridgehead atoms. The van der Waals surface area contributed by atoms with Crippen LogP contribution in [0.1, 0.15) is 26.3 Å². The van der Waals surface area contributed by atoms with Crippen LogP contribution in [0.5, 0.6) is 0 Å². The maximum Gasteiger partial charge on any atom is 0.366 e. The summed E-state index contributed by atoms with van der Waals surface area (Å²) in [7, 11) is 0. The zero-order valence-electron chi connectivity index (χ0n) is 21.8. The molecular weight excluding hydrogens is 488 g/mol. The average Bonchev–Trinajstić information content (AvgIpc) is 2.87. The van der Waals surface area contributed by atoms with Crippen LogP contribution in [0.25, 0.3) is 21.9 Å². The quantitative estimate of drug-likeness (QED) is 0.264. The molecule has 0 saturated heterocycles. The number of ether oxygens (including phenoxy) is 1. The van der Waals surface area contributed by atoms with Gasteiger partial charge in [0.05, 0.1) is 6.54 Å². The fourth-order valence-electron chi connectivity index (χ4n) is 4.31. The number of aliphatic carboxylic acids is 2. The lowest BCUT2D eigenvalue weighted by Crippen LogP contribution is -2.57. The molecule has 1 unspecified atom stereocenters. The Bertz CT molecular complexity index is 1270. The molecule has 9 nitrogen and oxygen atoms in total. The Labute approximate surface area is 221 Å². The van der Waals surface area contributed by atoms with Crippen molar-refractivity contribution < 1.29 is 34.4 Å². The highest BCUT2D eigenvalue weighted by molar-refractivity contribution is 5.96. The zero-order chi connectivity index (χ0) is 27.9. The Hall–Kier alpha value is -3.95. The number of hydrogen-bond acceptors (Lipinski definition) is 5. The Morgan fingerprint density at radius 2 is 1.63 bits per heavy atom. The first-order valence-corrected chi connectivity index (χ1v) is 12.5. The molecule has 3 aromatic carbocycles. The summed E-state index contributed by atoms with van der Waals surface area (Å²) in [6, 6.07) is 19.5. The van der Waals surface area contributed by atoms with Crippen molar-refractivity contribution in [3.63, 3.8) is 0 Å². The predicted molar refractivity (Wildman–Crippen MR) is 144 cm³/mol. The number of nitrogens with one attached hydrogen (secondary N) is 1. The van der Waals surface area contributed by atoms with Crippen molar-refractivity contribution in [3.05, 3.63) is 72.3 Å². The van der Waals surface area contributed by atoms with Crippen LogP contribution >= 0.6 is 0 Å². The summed E-state index contributed by atoms with van der Waals surface area (Å²) < 4.78 is 4.99. The highest BCUT2D eigenvalue weighted by Crippen LogP contribution is 2.28. The van der Waals surface area contributed by atoms with Gasteiger partial charge in [0.2, 0.25) is 0 Å². The molecular formula is C29H34N2O7. The van der Waals surface area contributed by atoms with Gasteiger partial charge in [0.1, 0.15) is 6.04 Å². The fourth-order valence-corrected chi connectivity index (χ4v) is 4.31. The highest BCUT2D eigenvalue weighted by atomic mass is 16.6.